The standard InChI is InChI=1S/C39H59N9O7/c1-5-24(2)35-38(54)41-15-18-46(23-34(50)51)19-20-47-17-14-29-27(22-30(29)45-47)10-13-33(49)42-28-11-8-26(9-12-28)21-31(43-36(52)25(3)40-4)39(55)48-16-6-7-32(48)37(53)44-35/h8-9,11-12,14,17,24-25,27,29-32,35,40,45H,5-7,10,13,15-16,18-23H2,1-4H3,(H,41,54)(H,42,49)(H,43,52)(H,44,53)(H,50,51). The highest BCUT2D eigenvalue weighted by atomic mass is 16.4. The third-order valence-electron chi connectivity index (χ3n) is 11.6. The molecule has 6 aliphatic rings. The summed E-state index contributed by atoms with van der Waals surface area (Å²) < 4.78 is 0. The summed E-state index contributed by atoms with van der Waals surface area (Å²) in [5.74, 6) is -2.16. The highest BCUT2D eigenvalue weighted by molar-refractivity contribution is 5.95. The van der Waals surface area contributed by atoms with Gasteiger partial charge in [-0.15, -0.1) is 0 Å². The summed E-state index contributed by atoms with van der Waals surface area (Å²) in [7, 11) is 1.65. The van der Waals surface area contributed by atoms with Crippen LogP contribution in [0.1, 0.15) is 64.9 Å². The molecule has 8 unspecified atom stereocenters. The molecule has 55 heavy (non-hydrogen) atoms. The number of hydrazine groups is 1. The van der Waals surface area contributed by atoms with Gasteiger partial charge in [0, 0.05) is 63.5 Å². The number of rotatable bonds is 7. The SMILES string of the molecule is CCC(C)C1NC(=O)C2CCCN2C(=O)C(NC(=O)C(C)NC)Cc2ccc(cc2)NC(=O)CCC2CC3NN(C=CC23)CCN(CC(=O)O)CCNC1=O. The second-order valence-corrected chi connectivity index (χ2v) is 15.4. The van der Waals surface area contributed by atoms with Crippen molar-refractivity contribution >= 4 is 41.2 Å². The van der Waals surface area contributed by atoms with E-state index < -0.39 is 42.0 Å². The fourth-order valence-corrected chi connectivity index (χ4v) is 7.85. The number of nitrogens with zero attached hydrogens (tertiary/aromatic N) is 3. The van der Waals surface area contributed by atoms with Crippen LogP contribution in [0.25, 0.3) is 0 Å². The zero-order chi connectivity index (χ0) is 39.6. The highest BCUT2D eigenvalue weighted by Crippen LogP contribution is 2.41. The summed E-state index contributed by atoms with van der Waals surface area (Å²) in [6, 6.07) is 4.23. The maximum Gasteiger partial charge on any atom is 0.317 e. The molecule has 7 rings (SSSR count). The van der Waals surface area contributed by atoms with E-state index >= 15 is 0 Å². The average molecular weight is 766 g/mol. The quantitative estimate of drug-likeness (QED) is 0.203. The predicted octanol–water partition coefficient (Wildman–Crippen LogP) is 0.417. The first-order valence-corrected chi connectivity index (χ1v) is 19.8. The van der Waals surface area contributed by atoms with Crippen LogP contribution in [0, 0.1) is 17.8 Å². The largest absolute Gasteiger partial charge is 0.480 e. The molecule has 1 aromatic rings. The molecule has 1 aromatic carbocycles. The molecular weight excluding hydrogens is 706 g/mol. The van der Waals surface area contributed by atoms with Crippen LogP contribution in [-0.2, 0) is 35.2 Å². The van der Waals surface area contributed by atoms with E-state index in [0.717, 1.165) is 18.4 Å². The predicted molar refractivity (Wildman–Crippen MR) is 206 cm³/mol. The Bertz CT molecular complexity index is 1570. The number of hydrogen-bond acceptors (Lipinski definition) is 10. The van der Waals surface area contributed by atoms with Gasteiger partial charge < -0.3 is 41.6 Å². The normalized spacial score (nSPS) is 28.5. The topological polar surface area (TPSA) is 205 Å². The summed E-state index contributed by atoms with van der Waals surface area (Å²) in [6.45, 7) is 7.07. The Balaban J connectivity index is 1.37. The molecule has 16 heteroatoms. The van der Waals surface area contributed by atoms with Crippen LogP contribution in [0.2, 0.25) is 0 Å². The van der Waals surface area contributed by atoms with Crippen molar-refractivity contribution in [1.29, 1.82) is 0 Å². The van der Waals surface area contributed by atoms with Gasteiger partial charge in [0.2, 0.25) is 29.5 Å². The molecule has 1 saturated heterocycles. The number of fused-ring (bicyclic) bond motifs is 1. The lowest BCUT2D eigenvalue weighted by molar-refractivity contribution is -0.142. The van der Waals surface area contributed by atoms with Crippen LogP contribution in [0.5, 0.6) is 0 Å². The Labute approximate surface area is 323 Å². The molecule has 5 amide bonds. The molecule has 7 N–H and O–H groups in total. The fourth-order valence-electron chi connectivity index (χ4n) is 7.85. The maximum absolute atomic E-state index is 14.2. The Kier molecular flexibility index (Phi) is 14.6. The van der Waals surface area contributed by atoms with Crippen molar-refractivity contribution in [2.75, 3.05) is 51.6 Å². The number of likely N-dealkylation sites (N-methyl/N-ethyl adjacent to an activating group) is 1. The van der Waals surface area contributed by atoms with Crippen molar-refractivity contribution in [2.24, 2.45) is 17.8 Å². The zero-order valence-corrected chi connectivity index (χ0v) is 32.5. The third kappa shape index (κ3) is 11.0. The van der Waals surface area contributed by atoms with Gasteiger partial charge in [0.05, 0.1) is 12.6 Å². The van der Waals surface area contributed by atoms with Gasteiger partial charge in [0.1, 0.15) is 18.1 Å². The Morgan fingerprint density at radius 3 is 2.45 bits per heavy atom. The summed E-state index contributed by atoms with van der Waals surface area (Å²) in [4.78, 5) is 82.7. The Morgan fingerprint density at radius 1 is 1.00 bits per heavy atom. The molecule has 6 bridgehead atoms. The van der Waals surface area contributed by atoms with Crippen LogP contribution in [0.15, 0.2) is 36.5 Å². The molecule has 16 nitrogen and oxygen atoms in total. The lowest BCUT2D eigenvalue weighted by atomic mass is 9.67. The second kappa shape index (κ2) is 19.4. The molecule has 302 valence electrons. The molecule has 5 aliphatic heterocycles. The molecule has 0 radical (unpaired) electrons. The van der Waals surface area contributed by atoms with E-state index in [0.29, 0.717) is 69.4 Å². The van der Waals surface area contributed by atoms with Gasteiger partial charge in [-0.1, -0.05) is 38.5 Å². The number of carboxylic acids is 1. The van der Waals surface area contributed by atoms with Crippen LogP contribution >= 0.6 is 0 Å². The first-order valence-electron chi connectivity index (χ1n) is 19.8. The van der Waals surface area contributed by atoms with Gasteiger partial charge in [-0.3, -0.25) is 33.7 Å². The number of amides is 5. The molecule has 0 aromatic heterocycles. The van der Waals surface area contributed by atoms with Crippen molar-refractivity contribution in [1.82, 2.24) is 41.5 Å². The van der Waals surface area contributed by atoms with Gasteiger partial charge in [0.15, 0.2) is 0 Å². The molecule has 8 atom stereocenters. The Morgan fingerprint density at radius 2 is 1.76 bits per heavy atom. The van der Waals surface area contributed by atoms with E-state index in [4.69, 9.17) is 0 Å². The molecule has 1 saturated carbocycles. The van der Waals surface area contributed by atoms with Crippen molar-refractivity contribution in [3.63, 3.8) is 0 Å². The van der Waals surface area contributed by atoms with E-state index in [9.17, 15) is 33.9 Å². The number of aliphatic carboxylic acids is 1. The van der Waals surface area contributed by atoms with Crippen LogP contribution in [0.3, 0.4) is 0 Å². The molecule has 2 fully saturated rings. The van der Waals surface area contributed by atoms with E-state index in [-0.39, 0.29) is 49.2 Å². The van der Waals surface area contributed by atoms with Crippen molar-refractivity contribution < 1.29 is 33.9 Å². The highest BCUT2D eigenvalue weighted by Gasteiger charge is 2.42. The number of anilines is 1. The molecule has 0 spiro atoms. The van der Waals surface area contributed by atoms with E-state index in [1.807, 2.05) is 37.2 Å². The van der Waals surface area contributed by atoms with Crippen LogP contribution in [-0.4, -0.2) is 132 Å². The first kappa shape index (κ1) is 41.6. The molecule has 5 heterocycles. The van der Waals surface area contributed by atoms with E-state index in [1.165, 1.54) is 4.90 Å². The van der Waals surface area contributed by atoms with Gasteiger partial charge in [-0.25, -0.2) is 5.43 Å². The minimum absolute atomic E-state index is 0.0799. The fraction of sp³-hybridized carbons (Fsp3) is 0.641. The first-order chi connectivity index (χ1) is 26.4. The van der Waals surface area contributed by atoms with Crippen molar-refractivity contribution in [3.8, 4) is 0 Å². The minimum Gasteiger partial charge on any atom is -0.480 e. The van der Waals surface area contributed by atoms with Crippen molar-refractivity contribution in [3.05, 3.63) is 42.1 Å². The summed E-state index contributed by atoms with van der Waals surface area (Å²) in [6.07, 6.45) is 7.96. The summed E-state index contributed by atoms with van der Waals surface area (Å²) in [5.41, 5.74) is 4.92. The maximum atomic E-state index is 14.2. The molecule has 1 aliphatic carbocycles. The number of benzene rings is 1. The van der Waals surface area contributed by atoms with Crippen LogP contribution < -0.4 is 32.0 Å². The monoisotopic (exact) mass is 765 g/mol. The van der Waals surface area contributed by atoms with Gasteiger partial charge >= 0.3 is 5.97 Å². The molecular formula is C39H59N9O7. The minimum atomic E-state index is -0.971. The van der Waals surface area contributed by atoms with Gasteiger partial charge in [-0.05, 0) is 75.1 Å². The summed E-state index contributed by atoms with van der Waals surface area (Å²) in [5, 5.41) is 26.2. The number of carboxylic acid groups (broad SMARTS) is 1. The second-order valence-electron chi connectivity index (χ2n) is 15.4. The smallest absolute Gasteiger partial charge is 0.317 e. The number of carbonyl (C=O) groups is 6. The lowest BCUT2D eigenvalue weighted by Gasteiger charge is -2.49. The van der Waals surface area contributed by atoms with Crippen molar-refractivity contribution in [2.45, 2.75) is 95.9 Å². The van der Waals surface area contributed by atoms with E-state index in [2.05, 4.69) is 38.1 Å². The third-order valence-corrected chi connectivity index (χ3v) is 11.6. The number of carbonyl (C=O) groups excluding carboxylic acids is 5. The Hall–Kier alpha value is -4.54. The van der Waals surface area contributed by atoms with Gasteiger partial charge in [0.25, 0.3) is 0 Å². The average Bonchev–Trinajstić information content (AvgIpc) is 3.65. The summed E-state index contributed by atoms with van der Waals surface area (Å²) >= 11 is 0. The number of hydrogen-bond donors (Lipinski definition) is 7. The lowest BCUT2D eigenvalue weighted by Crippen LogP contribution is -2.59. The van der Waals surface area contributed by atoms with E-state index in [1.54, 1.807) is 31.0 Å². The van der Waals surface area contributed by atoms with Crippen LogP contribution in [0.4, 0.5) is 5.69 Å². The van der Waals surface area contributed by atoms with Gasteiger partial charge in [-0.2, -0.15) is 0 Å². The number of nitrogens with one attached hydrogen (secondary N) is 6. The zero-order valence-electron chi connectivity index (χ0n) is 32.5.